The van der Waals surface area contributed by atoms with Gasteiger partial charge in [-0.05, 0) is 25.2 Å². The van der Waals surface area contributed by atoms with Crippen molar-refractivity contribution in [3.63, 3.8) is 0 Å². The SMILES string of the molecule is CC1(C)C[C@@H](O)[C@H]2N[C@@]2(C)C1. The molecule has 64 valence electrons. The number of aliphatic hydroxyl groups excluding tert-OH is 1. The second-order valence-corrected chi connectivity index (χ2v) is 5.15. The van der Waals surface area contributed by atoms with Crippen molar-refractivity contribution in [3.8, 4) is 0 Å². The molecule has 1 saturated heterocycles. The van der Waals surface area contributed by atoms with Crippen molar-refractivity contribution in [2.75, 3.05) is 0 Å². The van der Waals surface area contributed by atoms with Crippen LogP contribution < -0.4 is 5.32 Å². The van der Waals surface area contributed by atoms with Gasteiger partial charge in [0, 0.05) is 5.54 Å². The van der Waals surface area contributed by atoms with Gasteiger partial charge in [-0.1, -0.05) is 13.8 Å². The molecule has 0 radical (unpaired) electrons. The molecule has 2 N–H and O–H groups in total. The summed E-state index contributed by atoms with van der Waals surface area (Å²) in [5, 5.41) is 13.0. The molecule has 0 spiro atoms. The van der Waals surface area contributed by atoms with Crippen LogP contribution in [0, 0.1) is 5.41 Å². The molecule has 2 fully saturated rings. The largest absolute Gasteiger partial charge is 0.391 e. The Bertz CT molecular complexity index is 187. The maximum absolute atomic E-state index is 9.66. The van der Waals surface area contributed by atoms with Gasteiger partial charge in [-0.2, -0.15) is 0 Å². The lowest BCUT2D eigenvalue weighted by atomic mass is 9.71. The molecule has 2 heteroatoms. The predicted molar refractivity (Wildman–Crippen MR) is 44.4 cm³/mol. The van der Waals surface area contributed by atoms with Crippen molar-refractivity contribution in [3.05, 3.63) is 0 Å². The molecule has 1 aliphatic heterocycles. The van der Waals surface area contributed by atoms with Crippen molar-refractivity contribution in [1.82, 2.24) is 5.32 Å². The van der Waals surface area contributed by atoms with E-state index in [1.807, 2.05) is 0 Å². The van der Waals surface area contributed by atoms with E-state index < -0.39 is 0 Å². The summed E-state index contributed by atoms with van der Waals surface area (Å²) in [6.45, 7) is 6.68. The van der Waals surface area contributed by atoms with Gasteiger partial charge in [0.05, 0.1) is 12.1 Å². The van der Waals surface area contributed by atoms with Crippen molar-refractivity contribution in [1.29, 1.82) is 0 Å². The highest BCUT2D eigenvalue weighted by Gasteiger charge is 2.59. The van der Waals surface area contributed by atoms with E-state index in [9.17, 15) is 5.11 Å². The average molecular weight is 155 g/mol. The number of hydrogen-bond acceptors (Lipinski definition) is 2. The minimum absolute atomic E-state index is 0.122. The molecule has 1 aliphatic carbocycles. The molecule has 3 atom stereocenters. The van der Waals surface area contributed by atoms with E-state index in [2.05, 4.69) is 26.1 Å². The van der Waals surface area contributed by atoms with Gasteiger partial charge in [-0.15, -0.1) is 0 Å². The second kappa shape index (κ2) is 1.80. The van der Waals surface area contributed by atoms with Crippen LogP contribution in [0.1, 0.15) is 33.6 Å². The third kappa shape index (κ3) is 1.09. The van der Waals surface area contributed by atoms with E-state index in [0.29, 0.717) is 11.5 Å². The molecule has 1 heterocycles. The lowest BCUT2D eigenvalue weighted by Crippen LogP contribution is -2.37. The van der Waals surface area contributed by atoms with Crippen LogP contribution in [0.4, 0.5) is 0 Å². The van der Waals surface area contributed by atoms with Crippen molar-refractivity contribution >= 4 is 0 Å². The number of nitrogens with one attached hydrogen (secondary N) is 1. The van der Waals surface area contributed by atoms with Crippen LogP contribution in [-0.4, -0.2) is 22.8 Å². The second-order valence-electron chi connectivity index (χ2n) is 5.15. The van der Waals surface area contributed by atoms with Gasteiger partial charge in [-0.25, -0.2) is 0 Å². The van der Waals surface area contributed by atoms with Gasteiger partial charge >= 0.3 is 0 Å². The zero-order valence-electron chi connectivity index (χ0n) is 7.52. The first kappa shape index (κ1) is 7.56. The fourth-order valence-corrected chi connectivity index (χ4v) is 2.75. The summed E-state index contributed by atoms with van der Waals surface area (Å²) < 4.78 is 0. The Morgan fingerprint density at radius 1 is 1.36 bits per heavy atom. The Balaban J connectivity index is 2.15. The maximum atomic E-state index is 9.66. The van der Waals surface area contributed by atoms with Gasteiger partial charge < -0.3 is 10.4 Å². The lowest BCUT2D eigenvalue weighted by Gasteiger charge is -2.34. The molecular formula is C9H17NO. The average Bonchev–Trinajstić information content (AvgIpc) is 2.36. The van der Waals surface area contributed by atoms with Crippen LogP contribution in [0.25, 0.3) is 0 Å². The van der Waals surface area contributed by atoms with Gasteiger partial charge in [0.25, 0.3) is 0 Å². The van der Waals surface area contributed by atoms with E-state index in [0.717, 1.165) is 6.42 Å². The van der Waals surface area contributed by atoms with Crippen molar-refractivity contribution in [2.45, 2.75) is 51.3 Å². The molecule has 0 aromatic rings. The van der Waals surface area contributed by atoms with E-state index >= 15 is 0 Å². The van der Waals surface area contributed by atoms with Crippen LogP contribution in [0.3, 0.4) is 0 Å². The molecule has 0 amide bonds. The molecule has 1 saturated carbocycles. The van der Waals surface area contributed by atoms with Crippen LogP contribution in [0.15, 0.2) is 0 Å². The summed E-state index contributed by atoms with van der Waals surface area (Å²) in [7, 11) is 0. The smallest absolute Gasteiger partial charge is 0.0716 e. The summed E-state index contributed by atoms with van der Waals surface area (Å²) in [5.74, 6) is 0. The molecule has 0 unspecified atom stereocenters. The van der Waals surface area contributed by atoms with Gasteiger partial charge in [0.15, 0.2) is 0 Å². The van der Waals surface area contributed by atoms with E-state index in [4.69, 9.17) is 0 Å². The summed E-state index contributed by atoms with van der Waals surface area (Å²) in [5.41, 5.74) is 0.565. The van der Waals surface area contributed by atoms with Crippen molar-refractivity contribution < 1.29 is 5.11 Å². The third-order valence-corrected chi connectivity index (χ3v) is 3.08. The summed E-state index contributed by atoms with van der Waals surface area (Å²) in [6.07, 6.45) is 2.02. The van der Waals surface area contributed by atoms with Crippen LogP contribution in [0.5, 0.6) is 0 Å². The first-order chi connectivity index (χ1) is 4.93. The van der Waals surface area contributed by atoms with Gasteiger partial charge in [0.1, 0.15) is 0 Å². The van der Waals surface area contributed by atoms with Crippen molar-refractivity contribution in [2.24, 2.45) is 5.41 Å². The number of rotatable bonds is 0. The van der Waals surface area contributed by atoms with Gasteiger partial charge in [0.2, 0.25) is 0 Å². The highest BCUT2D eigenvalue weighted by molar-refractivity contribution is 5.19. The minimum atomic E-state index is -0.122. The van der Waals surface area contributed by atoms with E-state index in [-0.39, 0.29) is 11.6 Å². The fourth-order valence-electron chi connectivity index (χ4n) is 2.75. The minimum Gasteiger partial charge on any atom is -0.391 e. The Kier molecular flexibility index (Phi) is 1.24. The standard InChI is InChI=1S/C9H17NO/c1-8(2)4-6(11)7-9(3,5-8)10-7/h6-7,10-11H,4-5H2,1-3H3/t6-,7-,9+/m1/s1. The third-order valence-electron chi connectivity index (χ3n) is 3.08. The summed E-state index contributed by atoms with van der Waals surface area (Å²) >= 11 is 0. The molecule has 2 aliphatic rings. The Morgan fingerprint density at radius 2 is 2.00 bits per heavy atom. The molecule has 0 aromatic carbocycles. The van der Waals surface area contributed by atoms with Crippen LogP contribution >= 0.6 is 0 Å². The molecular weight excluding hydrogens is 138 g/mol. The lowest BCUT2D eigenvalue weighted by molar-refractivity contribution is 0.0726. The molecule has 0 bridgehead atoms. The monoisotopic (exact) mass is 155 g/mol. The van der Waals surface area contributed by atoms with Crippen LogP contribution in [0.2, 0.25) is 0 Å². The zero-order chi connectivity index (χ0) is 8.28. The number of hydrogen-bond donors (Lipinski definition) is 2. The normalized spacial score (nSPS) is 53.5. The van der Waals surface area contributed by atoms with Crippen LogP contribution in [-0.2, 0) is 0 Å². The zero-order valence-corrected chi connectivity index (χ0v) is 7.52. The number of aliphatic hydroxyl groups is 1. The Morgan fingerprint density at radius 3 is 2.55 bits per heavy atom. The Hall–Kier alpha value is -0.0800. The Labute approximate surface area is 68.0 Å². The maximum Gasteiger partial charge on any atom is 0.0716 e. The fraction of sp³-hybridized carbons (Fsp3) is 1.00. The first-order valence-electron chi connectivity index (χ1n) is 4.39. The highest BCUT2D eigenvalue weighted by Crippen LogP contribution is 2.48. The molecule has 2 rings (SSSR count). The molecule has 2 nitrogen and oxygen atoms in total. The molecule has 11 heavy (non-hydrogen) atoms. The first-order valence-corrected chi connectivity index (χ1v) is 4.39. The predicted octanol–water partition coefficient (Wildman–Crippen LogP) is 0.898. The topological polar surface area (TPSA) is 42.2 Å². The number of fused-ring (bicyclic) bond motifs is 1. The summed E-state index contributed by atoms with van der Waals surface area (Å²) in [6, 6.07) is 0.385. The summed E-state index contributed by atoms with van der Waals surface area (Å²) in [4.78, 5) is 0. The molecule has 0 aromatic heterocycles. The van der Waals surface area contributed by atoms with Gasteiger partial charge in [-0.3, -0.25) is 0 Å². The highest BCUT2D eigenvalue weighted by atomic mass is 16.3. The quantitative estimate of drug-likeness (QED) is 0.510. The van der Waals surface area contributed by atoms with E-state index in [1.54, 1.807) is 0 Å². The van der Waals surface area contributed by atoms with E-state index in [1.165, 1.54) is 6.42 Å².